The standard InChI is InChI=1S/C14H17NO4/c1-9-6-14(19-3)11(8-13(9)18-2)7-12(15(16)17)10-4-5-10/h6-8,10H,4-5H2,1-3H3/b12-7+. The summed E-state index contributed by atoms with van der Waals surface area (Å²) < 4.78 is 10.5. The number of rotatable bonds is 5. The van der Waals surface area contributed by atoms with Gasteiger partial charge in [-0.2, -0.15) is 0 Å². The Bertz CT molecular complexity index is 532. The molecule has 5 nitrogen and oxygen atoms in total. The predicted octanol–water partition coefficient (Wildman–Crippen LogP) is 3.04. The first-order valence-electron chi connectivity index (χ1n) is 6.15. The lowest BCUT2D eigenvalue weighted by Gasteiger charge is -2.10. The SMILES string of the molecule is COc1cc(/C=C(\C2CC2)[N+](=O)[O-])c(OC)cc1C. The van der Waals surface area contributed by atoms with Crippen molar-refractivity contribution in [2.75, 3.05) is 14.2 Å². The van der Waals surface area contributed by atoms with Crippen LogP contribution in [0.25, 0.3) is 6.08 Å². The first-order valence-corrected chi connectivity index (χ1v) is 6.15. The molecule has 1 saturated carbocycles. The smallest absolute Gasteiger partial charge is 0.250 e. The van der Waals surface area contributed by atoms with Crippen LogP contribution in [0.4, 0.5) is 0 Å². The number of methoxy groups -OCH3 is 2. The van der Waals surface area contributed by atoms with Crippen LogP contribution in [-0.2, 0) is 0 Å². The molecule has 5 heteroatoms. The third kappa shape index (κ3) is 2.86. The van der Waals surface area contributed by atoms with Crippen LogP contribution in [0.1, 0.15) is 24.0 Å². The third-order valence-corrected chi connectivity index (χ3v) is 3.26. The number of nitrogens with zero attached hydrogens (tertiary/aromatic N) is 1. The fourth-order valence-corrected chi connectivity index (χ4v) is 2.04. The fraction of sp³-hybridized carbons (Fsp3) is 0.429. The Labute approximate surface area is 112 Å². The highest BCUT2D eigenvalue weighted by molar-refractivity contribution is 5.63. The van der Waals surface area contributed by atoms with Gasteiger partial charge in [-0.25, -0.2) is 0 Å². The number of hydrogen-bond acceptors (Lipinski definition) is 4. The topological polar surface area (TPSA) is 61.6 Å². The van der Waals surface area contributed by atoms with Gasteiger partial charge >= 0.3 is 0 Å². The van der Waals surface area contributed by atoms with Crippen molar-refractivity contribution < 1.29 is 14.4 Å². The van der Waals surface area contributed by atoms with Crippen LogP contribution in [0, 0.1) is 23.0 Å². The zero-order valence-electron chi connectivity index (χ0n) is 11.3. The second kappa shape index (κ2) is 5.30. The van der Waals surface area contributed by atoms with Gasteiger partial charge in [0.1, 0.15) is 11.5 Å². The first-order chi connectivity index (χ1) is 9.06. The highest BCUT2D eigenvalue weighted by atomic mass is 16.6. The molecule has 102 valence electrons. The van der Waals surface area contributed by atoms with E-state index in [1.54, 1.807) is 26.4 Å². The van der Waals surface area contributed by atoms with E-state index in [1.165, 1.54) is 0 Å². The molecule has 1 aliphatic rings. The molecular formula is C14H17NO4. The summed E-state index contributed by atoms with van der Waals surface area (Å²) in [7, 11) is 3.14. The lowest BCUT2D eigenvalue weighted by atomic mass is 10.1. The van der Waals surface area contributed by atoms with Crippen LogP contribution in [0.3, 0.4) is 0 Å². The van der Waals surface area contributed by atoms with Crippen molar-refractivity contribution in [2.45, 2.75) is 19.8 Å². The van der Waals surface area contributed by atoms with Crippen LogP contribution < -0.4 is 9.47 Å². The molecule has 0 atom stereocenters. The maximum atomic E-state index is 11.1. The van der Waals surface area contributed by atoms with Crippen LogP contribution >= 0.6 is 0 Å². The van der Waals surface area contributed by atoms with Crippen molar-refractivity contribution in [1.29, 1.82) is 0 Å². The van der Waals surface area contributed by atoms with Gasteiger partial charge in [-0.3, -0.25) is 10.1 Å². The summed E-state index contributed by atoms with van der Waals surface area (Å²) in [6.07, 6.45) is 3.37. The molecule has 0 radical (unpaired) electrons. The van der Waals surface area contributed by atoms with Gasteiger partial charge in [-0.15, -0.1) is 0 Å². The van der Waals surface area contributed by atoms with E-state index in [0.29, 0.717) is 17.1 Å². The quantitative estimate of drug-likeness (QED) is 0.605. The van der Waals surface area contributed by atoms with E-state index >= 15 is 0 Å². The molecule has 2 rings (SSSR count). The molecule has 1 fully saturated rings. The zero-order valence-corrected chi connectivity index (χ0v) is 11.3. The predicted molar refractivity (Wildman–Crippen MR) is 72.0 cm³/mol. The summed E-state index contributed by atoms with van der Waals surface area (Å²) in [5, 5.41) is 11.1. The van der Waals surface area contributed by atoms with Gasteiger partial charge in [0.2, 0.25) is 5.70 Å². The average Bonchev–Trinajstić information content (AvgIpc) is 3.20. The number of hydrogen-bond donors (Lipinski definition) is 0. The van der Waals surface area contributed by atoms with Crippen molar-refractivity contribution in [3.63, 3.8) is 0 Å². The van der Waals surface area contributed by atoms with Crippen molar-refractivity contribution >= 4 is 6.08 Å². The second-order valence-corrected chi connectivity index (χ2v) is 4.66. The minimum atomic E-state index is -0.302. The molecule has 1 aliphatic carbocycles. The largest absolute Gasteiger partial charge is 0.496 e. The van der Waals surface area contributed by atoms with Crippen molar-refractivity contribution in [2.24, 2.45) is 5.92 Å². The Balaban J connectivity index is 2.47. The number of nitro groups is 1. The summed E-state index contributed by atoms with van der Waals surface area (Å²) in [5.41, 5.74) is 1.87. The number of aryl methyl sites for hydroxylation is 1. The maximum Gasteiger partial charge on any atom is 0.250 e. The molecule has 0 heterocycles. The van der Waals surface area contributed by atoms with E-state index in [1.807, 2.05) is 13.0 Å². The van der Waals surface area contributed by atoms with Crippen molar-refractivity contribution in [3.8, 4) is 11.5 Å². The Morgan fingerprint density at radius 1 is 1.32 bits per heavy atom. The maximum absolute atomic E-state index is 11.1. The third-order valence-electron chi connectivity index (χ3n) is 3.26. The van der Waals surface area contributed by atoms with E-state index in [4.69, 9.17) is 9.47 Å². The van der Waals surface area contributed by atoms with Crippen LogP contribution in [0.2, 0.25) is 0 Å². The van der Waals surface area contributed by atoms with Gasteiger partial charge in [0.15, 0.2) is 0 Å². The Morgan fingerprint density at radius 3 is 2.42 bits per heavy atom. The van der Waals surface area contributed by atoms with E-state index in [-0.39, 0.29) is 16.5 Å². The Hall–Kier alpha value is -2.04. The Morgan fingerprint density at radius 2 is 1.95 bits per heavy atom. The highest BCUT2D eigenvalue weighted by Gasteiger charge is 2.34. The van der Waals surface area contributed by atoms with Crippen LogP contribution in [0.5, 0.6) is 11.5 Å². The molecule has 1 aromatic rings. The molecule has 0 bridgehead atoms. The van der Waals surface area contributed by atoms with E-state index in [2.05, 4.69) is 0 Å². The molecule has 0 N–H and O–H groups in total. The van der Waals surface area contributed by atoms with Gasteiger partial charge in [-0.05, 0) is 37.5 Å². The van der Waals surface area contributed by atoms with Crippen molar-refractivity contribution in [1.82, 2.24) is 0 Å². The van der Waals surface area contributed by atoms with Gasteiger partial charge in [0.25, 0.3) is 0 Å². The first kappa shape index (κ1) is 13.4. The average molecular weight is 263 g/mol. The molecule has 0 aromatic heterocycles. The minimum absolute atomic E-state index is 0.0759. The summed E-state index contributed by atoms with van der Waals surface area (Å²) in [6, 6.07) is 3.61. The van der Waals surface area contributed by atoms with Gasteiger partial charge in [0, 0.05) is 17.6 Å². The lowest BCUT2D eigenvalue weighted by molar-refractivity contribution is -0.428. The number of ether oxygens (including phenoxy) is 2. The molecule has 0 aliphatic heterocycles. The van der Waals surface area contributed by atoms with E-state index < -0.39 is 0 Å². The molecule has 0 unspecified atom stereocenters. The van der Waals surface area contributed by atoms with Gasteiger partial charge < -0.3 is 9.47 Å². The number of allylic oxidation sites excluding steroid dienone is 1. The van der Waals surface area contributed by atoms with Crippen molar-refractivity contribution in [3.05, 3.63) is 39.1 Å². The minimum Gasteiger partial charge on any atom is -0.496 e. The van der Waals surface area contributed by atoms with Crippen LogP contribution in [-0.4, -0.2) is 19.1 Å². The fourth-order valence-electron chi connectivity index (χ4n) is 2.04. The summed E-state index contributed by atoms with van der Waals surface area (Å²) in [4.78, 5) is 10.8. The Kier molecular flexibility index (Phi) is 3.74. The zero-order chi connectivity index (χ0) is 14.0. The molecule has 0 saturated heterocycles. The molecule has 19 heavy (non-hydrogen) atoms. The normalized spacial score (nSPS) is 15.2. The highest BCUT2D eigenvalue weighted by Crippen LogP contribution is 2.39. The molecule has 0 spiro atoms. The monoisotopic (exact) mass is 263 g/mol. The summed E-state index contributed by atoms with van der Waals surface area (Å²) in [5.74, 6) is 1.40. The second-order valence-electron chi connectivity index (χ2n) is 4.66. The van der Waals surface area contributed by atoms with Gasteiger partial charge in [-0.1, -0.05) is 0 Å². The molecule has 0 amide bonds. The lowest BCUT2D eigenvalue weighted by Crippen LogP contribution is -2.01. The molecule has 1 aromatic carbocycles. The summed E-state index contributed by atoms with van der Waals surface area (Å²) in [6.45, 7) is 1.91. The summed E-state index contributed by atoms with van der Waals surface area (Å²) >= 11 is 0. The van der Waals surface area contributed by atoms with E-state index in [0.717, 1.165) is 18.4 Å². The van der Waals surface area contributed by atoms with Crippen LogP contribution in [0.15, 0.2) is 17.8 Å². The van der Waals surface area contributed by atoms with E-state index in [9.17, 15) is 10.1 Å². The number of benzene rings is 1. The molecular weight excluding hydrogens is 246 g/mol. The van der Waals surface area contributed by atoms with Gasteiger partial charge in [0.05, 0.1) is 19.1 Å².